The average Bonchev–Trinajstić information content (AvgIpc) is 3.20. The smallest absolute Gasteiger partial charge is 0.229 e. The molecule has 1 atom stereocenters. The summed E-state index contributed by atoms with van der Waals surface area (Å²) < 4.78 is 39.8. The van der Waals surface area contributed by atoms with Crippen LogP contribution in [0.2, 0.25) is 0 Å². The third kappa shape index (κ3) is 4.38. The van der Waals surface area contributed by atoms with Gasteiger partial charge >= 0.3 is 0 Å². The normalized spacial score (nSPS) is 17.4. The van der Waals surface area contributed by atoms with E-state index in [1.54, 1.807) is 50.4 Å². The number of imidazole rings is 1. The third-order valence-electron chi connectivity index (χ3n) is 7.22. The molecule has 3 heterocycles. The summed E-state index contributed by atoms with van der Waals surface area (Å²) in [4.78, 5) is 35.4. The molecule has 1 aliphatic carbocycles. The molecule has 3 aromatic heterocycles. The van der Waals surface area contributed by atoms with Crippen LogP contribution in [0.5, 0.6) is 0 Å². The van der Waals surface area contributed by atoms with Gasteiger partial charge in [-0.3, -0.25) is 14.0 Å². The summed E-state index contributed by atoms with van der Waals surface area (Å²) in [5.74, 6) is -0.531. The van der Waals surface area contributed by atoms with Crippen LogP contribution in [-0.2, 0) is 32.9 Å². The van der Waals surface area contributed by atoms with Gasteiger partial charge in [0.05, 0.1) is 33.9 Å². The topological polar surface area (TPSA) is 110 Å². The van der Waals surface area contributed by atoms with Crippen LogP contribution in [-0.4, -0.2) is 40.2 Å². The van der Waals surface area contributed by atoms with Gasteiger partial charge in [-0.2, -0.15) is 4.39 Å². The maximum atomic E-state index is 14.5. The molecule has 0 saturated carbocycles. The summed E-state index contributed by atoms with van der Waals surface area (Å²) in [7, 11) is -3.30. The summed E-state index contributed by atoms with van der Waals surface area (Å²) in [6.45, 7) is 5.03. The van der Waals surface area contributed by atoms with Gasteiger partial charge in [-0.25, -0.2) is 18.4 Å². The van der Waals surface area contributed by atoms with E-state index in [0.29, 0.717) is 46.7 Å². The number of nitrogens with zero attached hydrogens (tertiary/aromatic N) is 3. The van der Waals surface area contributed by atoms with Gasteiger partial charge < -0.3 is 5.32 Å². The van der Waals surface area contributed by atoms with E-state index >= 15 is 0 Å². The van der Waals surface area contributed by atoms with E-state index in [4.69, 9.17) is 0 Å². The SMILES string of the molecule is CCS(=O)(=O)c1ccc(CC(=O)Nc2ccc3c(n2)CCC(C)(c2cccn4c(F)c(C)nc24)C3=O)cc1. The second-order valence-electron chi connectivity index (χ2n) is 9.73. The highest BCUT2D eigenvalue weighted by molar-refractivity contribution is 7.91. The van der Waals surface area contributed by atoms with Crippen LogP contribution in [0.1, 0.15) is 53.1 Å². The number of rotatable bonds is 6. The molecule has 0 saturated heterocycles. The standard InChI is InChI=1S/C28H27FN4O4S/c1-4-38(36,37)19-9-7-18(8-10-19)16-24(34)32-23-12-11-20-22(31-23)13-14-28(3,25(20)35)21-6-5-15-33-26(29)17(2)30-27(21)33/h5-12,15H,4,13-14,16H2,1-3H3,(H,31,32,34). The number of fused-ring (bicyclic) bond motifs is 2. The number of halogens is 1. The Morgan fingerprint density at radius 2 is 1.87 bits per heavy atom. The molecule has 0 aliphatic heterocycles. The lowest BCUT2D eigenvalue weighted by Crippen LogP contribution is -2.38. The molecule has 1 aliphatic rings. The van der Waals surface area contributed by atoms with Gasteiger partial charge in [-0.15, -0.1) is 0 Å². The van der Waals surface area contributed by atoms with Gasteiger partial charge in [0.2, 0.25) is 11.9 Å². The molecular weight excluding hydrogens is 507 g/mol. The molecule has 0 bridgehead atoms. The monoisotopic (exact) mass is 534 g/mol. The predicted octanol–water partition coefficient (Wildman–Crippen LogP) is 4.24. The van der Waals surface area contributed by atoms with Gasteiger partial charge in [0.1, 0.15) is 11.5 Å². The summed E-state index contributed by atoms with van der Waals surface area (Å²) in [6.07, 6.45) is 2.60. The number of aromatic nitrogens is 3. The minimum Gasteiger partial charge on any atom is -0.310 e. The molecule has 0 spiro atoms. The first kappa shape index (κ1) is 25.7. The molecule has 5 rings (SSSR count). The molecule has 38 heavy (non-hydrogen) atoms. The van der Waals surface area contributed by atoms with Gasteiger partial charge in [-0.05, 0) is 62.6 Å². The molecule has 8 nitrogen and oxygen atoms in total. The van der Waals surface area contributed by atoms with Crippen molar-refractivity contribution in [1.82, 2.24) is 14.4 Å². The maximum absolute atomic E-state index is 14.5. The van der Waals surface area contributed by atoms with Gasteiger partial charge in [0.25, 0.3) is 0 Å². The highest BCUT2D eigenvalue weighted by Crippen LogP contribution is 2.40. The first-order valence-corrected chi connectivity index (χ1v) is 14.0. The number of aryl methyl sites for hydroxylation is 2. The molecule has 1 amide bonds. The summed E-state index contributed by atoms with van der Waals surface area (Å²) in [6, 6.07) is 13.0. The van der Waals surface area contributed by atoms with Crippen molar-refractivity contribution in [2.45, 2.75) is 50.3 Å². The van der Waals surface area contributed by atoms with Crippen molar-refractivity contribution in [3.05, 3.63) is 88.8 Å². The Bertz CT molecular complexity index is 1700. The number of carbonyl (C=O) groups excluding carboxylic acids is 2. The first-order chi connectivity index (χ1) is 18.0. The zero-order valence-electron chi connectivity index (χ0n) is 21.3. The molecule has 1 unspecified atom stereocenters. The molecule has 4 aromatic rings. The number of nitrogens with one attached hydrogen (secondary N) is 1. The van der Waals surface area contributed by atoms with Crippen LogP contribution in [0.25, 0.3) is 5.65 Å². The minimum atomic E-state index is -3.30. The molecule has 196 valence electrons. The fraction of sp³-hybridized carbons (Fsp3) is 0.286. The van der Waals surface area contributed by atoms with E-state index < -0.39 is 21.2 Å². The third-order valence-corrected chi connectivity index (χ3v) is 8.97. The average molecular weight is 535 g/mol. The number of Topliss-reactive ketones (excluding diaryl/α,β-unsaturated/α-hetero) is 1. The van der Waals surface area contributed by atoms with Crippen LogP contribution in [0, 0.1) is 12.9 Å². The molecule has 10 heteroatoms. The number of pyridine rings is 2. The summed E-state index contributed by atoms with van der Waals surface area (Å²) in [5.41, 5.74) is 2.20. The number of amides is 1. The molecule has 0 fully saturated rings. The van der Waals surface area contributed by atoms with E-state index in [-0.39, 0.29) is 34.5 Å². The fourth-order valence-corrected chi connectivity index (χ4v) is 5.82. The van der Waals surface area contributed by atoms with Crippen LogP contribution < -0.4 is 5.32 Å². The van der Waals surface area contributed by atoms with Crippen LogP contribution in [0.15, 0.2) is 59.6 Å². The lowest BCUT2D eigenvalue weighted by molar-refractivity contribution is -0.115. The summed E-state index contributed by atoms with van der Waals surface area (Å²) in [5, 5.41) is 2.76. The van der Waals surface area contributed by atoms with Crippen LogP contribution >= 0.6 is 0 Å². The van der Waals surface area contributed by atoms with E-state index in [0.717, 1.165) is 0 Å². The zero-order valence-corrected chi connectivity index (χ0v) is 22.1. The Balaban J connectivity index is 1.34. The highest BCUT2D eigenvalue weighted by atomic mass is 32.2. The summed E-state index contributed by atoms with van der Waals surface area (Å²) >= 11 is 0. The van der Waals surface area contributed by atoms with E-state index in [1.165, 1.54) is 16.5 Å². The number of benzene rings is 1. The van der Waals surface area contributed by atoms with Crippen LogP contribution in [0.4, 0.5) is 10.2 Å². The van der Waals surface area contributed by atoms with E-state index in [2.05, 4.69) is 15.3 Å². The highest BCUT2D eigenvalue weighted by Gasteiger charge is 2.42. The number of carbonyl (C=O) groups is 2. The minimum absolute atomic E-state index is 0.00968. The van der Waals surface area contributed by atoms with E-state index in [9.17, 15) is 22.4 Å². The Kier molecular flexibility index (Phi) is 6.38. The van der Waals surface area contributed by atoms with Crippen LogP contribution in [0.3, 0.4) is 0 Å². The molecule has 0 radical (unpaired) electrons. The zero-order chi connectivity index (χ0) is 27.2. The largest absolute Gasteiger partial charge is 0.310 e. The number of anilines is 1. The number of hydrogen-bond donors (Lipinski definition) is 1. The van der Waals surface area contributed by atoms with Gasteiger partial charge in [0.15, 0.2) is 15.6 Å². The fourth-order valence-electron chi connectivity index (χ4n) is 4.94. The second-order valence-corrected chi connectivity index (χ2v) is 12.0. The lowest BCUT2D eigenvalue weighted by atomic mass is 9.69. The Hall–Kier alpha value is -3.92. The van der Waals surface area contributed by atoms with Gasteiger partial charge in [-0.1, -0.05) is 25.1 Å². The quantitative estimate of drug-likeness (QED) is 0.396. The van der Waals surface area contributed by atoms with E-state index in [1.807, 2.05) is 13.0 Å². The molecule has 1 N–H and O–H groups in total. The molecular formula is C28H27FN4O4S. The number of ketones is 1. The Morgan fingerprint density at radius 1 is 1.13 bits per heavy atom. The van der Waals surface area contributed by atoms with Crippen molar-refractivity contribution in [2.75, 3.05) is 11.1 Å². The van der Waals surface area contributed by atoms with Gasteiger partial charge in [0, 0.05) is 17.3 Å². The lowest BCUT2D eigenvalue weighted by Gasteiger charge is -2.33. The Morgan fingerprint density at radius 3 is 2.58 bits per heavy atom. The first-order valence-electron chi connectivity index (χ1n) is 12.3. The van der Waals surface area contributed by atoms with Crippen molar-refractivity contribution in [3.8, 4) is 0 Å². The number of hydrogen-bond acceptors (Lipinski definition) is 6. The van der Waals surface area contributed by atoms with Crippen molar-refractivity contribution in [2.24, 2.45) is 0 Å². The predicted molar refractivity (Wildman–Crippen MR) is 141 cm³/mol. The van der Waals surface area contributed by atoms with Crippen molar-refractivity contribution < 1.29 is 22.4 Å². The van der Waals surface area contributed by atoms with Crippen molar-refractivity contribution in [1.29, 1.82) is 0 Å². The number of sulfone groups is 1. The van der Waals surface area contributed by atoms with Crippen molar-refractivity contribution in [3.63, 3.8) is 0 Å². The van der Waals surface area contributed by atoms with Crippen molar-refractivity contribution >= 4 is 33.0 Å². The Labute approximate surface area is 219 Å². The second kappa shape index (κ2) is 9.43. The maximum Gasteiger partial charge on any atom is 0.229 e. The molecule has 1 aromatic carbocycles.